The van der Waals surface area contributed by atoms with Crippen molar-refractivity contribution in [3.05, 3.63) is 0 Å². The summed E-state index contributed by atoms with van der Waals surface area (Å²) in [4.78, 5) is 2.20. The van der Waals surface area contributed by atoms with Crippen molar-refractivity contribution in [1.82, 2.24) is 10.2 Å². The summed E-state index contributed by atoms with van der Waals surface area (Å²) in [6.45, 7) is 4.46. The first-order chi connectivity index (χ1) is 6.79. The lowest BCUT2D eigenvalue weighted by Crippen LogP contribution is -2.35. The first-order valence-corrected chi connectivity index (χ1v) is 5.34. The lowest BCUT2D eigenvalue weighted by atomic mass is 10.2. The molecule has 1 atom stereocenters. The fourth-order valence-corrected chi connectivity index (χ4v) is 1.45. The second-order valence-electron chi connectivity index (χ2n) is 3.96. The maximum atomic E-state index is 5.41. The maximum absolute atomic E-state index is 5.41. The molecule has 0 amide bonds. The van der Waals surface area contributed by atoms with E-state index in [2.05, 4.69) is 24.3 Å². The van der Waals surface area contributed by atoms with Crippen LogP contribution in [0.2, 0.25) is 0 Å². The van der Waals surface area contributed by atoms with Crippen LogP contribution in [-0.4, -0.2) is 58.1 Å². The van der Waals surface area contributed by atoms with Crippen molar-refractivity contribution >= 4 is 0 Å². The maximum Gasteiger partial charge on any atom is 0.147 e. The molecular weight excluding hydrogens is 180 g/mol. The van der Waals surface area contributed by atoms with Crippen LogP contribution in [-0.2, 0) is 9.47 Å². The third-order valence-electron chi connectivity index (χ3n) is 2.30. The van der Waals surface area contributed by atoms with Crippen LogP contribution in [0, 0.1) is 0 Å². The molecule has 1 unspecified atom stereocenters. The van der Waals surface area contributed by atoms with E-state index in [0.717, 1.165) is 32.7 Å². The van der Waals surface area contributed by atoms with E-state index in [-0.39, 0.29) is 0 Å². The fourth-order valence-electron chi connectivity index (χ4n) is 1.45. The van der Waals surface area contributed by atoms with Crippen molar-refractivity contribution in [1.29, 1.82) is 0 Å². The Labute approximate surface area is 86.6 Å². The summed E-state index contributed by atoms with van der Waals surface area (Å²) >= 11 is 0. The van der Waals surface area contributed by atoms with Gasteiger partial charge < -0.3 is 19.7 Å². The molecule has 1 rings (SSSR count). The molecular formula is C10H22N2O2. The SMILES string of the molecule is CN(C)CCCNCC1CCOCO1. The van der Waals surface area contributed by atoms with Crippen LogP contribution in [0.1, 0.15) is 12.8 Å². The summed E-state index contributed by atoms with van der Waals surface area (Å²) in [6, 6.07) is 0. The highest BCUT2D eigenvalue weighted by Gasteiger charge is 2.12. The van der Waals surface area contributed by atoms with Gasteiger partial charge in [0.2, 0.25) is 0 Å². The largest absolute Gasteiger partial charge is 0.355 e. The molecule has 0 aromatic heterocycles. The number of rotatable bonds is 6. The molecule has 84 valence electrons. The predicted molar refractivity (Wildman–Crippen MR) is 56.3 cm³/mol. The summed E-state index contributed by atoms with van der Waals surface area (Å²) < 4.78 is 10.5. The molecule has 1 saturated heterocycles. The molecule has 4 nitrogen and oxygen atoms in total. The number of ether oxygens (including phenoxy) is 2. The zero-order chi connectivity index (χ0) is 10.2. The van der Waals surface area contributed by atoms with Crippen molar-refractivity contribution in [2.24, 2.45) is 0 Å². The van der Waals surface area contributed by atoms with E-state index < -0.39 is 0 Å². The smallest absolute Gasteiger partial charge is 0.147 e. The van der Waals surface area contributed by atoms with Crippen LogP contribution in [0.3, 0.4) is 0 Å². The zero-order valence-corrected chi connectivity index (χ0v) is 9.29. The Kier molecular flexibility index (Phi) is 6.10. The Morgan fingerprint density at radius 3 is 2.93 bits per heavy atom. The quantitative estimate of drug-likeness (QED) is 0.628. The molecule has 0 aromatic carbocycles. The van der Waals surface area contributed by atoms with Gasteiger partial charge in [-0.25, -0.2) is 0 Å². The molecule has 0 radical (unpaired) electrons. The van der Waals surface area contributed by atoms with Crippen LogP contribution in [0.4, 0.5) is 0 Å². The summed E-state index contributed by atoms with van der Waals surface area (Å²) in [5.41, 5.74) is 0. The van der Waals surface area contributed by atoms with Gasteiger partial charge in [-0.15, -0.1) is 0 Å². The molecule has 1 heterocycles. The molecule has 1 aliphatic heterocycles. The Morgan fingerprint density at radius 1 is 1.43 bits per heavy atom. The summed E-state index contributed by atoms with van der Waals surface area (Å²) in [7, 11) is 4.20. The van der Waals surface area contributed by atoms with E-state index in [0.29, 0.717) is 12.9 Å². The van der Waals surface area contributed by atoms with Gasteiger partial charge in [0.25, 0.3) is 0 Å². The Balaban J connectivity index is 1.87. The number of hydrogen-bond donors (Lipinski definition) is 1. The topological polar surface area (TPSA) is 33.7 Å². The second-order valence-corrected chi connectivity index (χ2v) is 3.96. The number of nitrogens with zero attached hydrogens (tertiary/aromatic N) is 1. The Hall–Kier alpha value is -0.160. The zero-order valence-electron chi connectivity index (χ0n) is 9.29. The molecule has 1 fully saturated rings. The van der Waals surface area contributed by atoms with Crippen LogP contribution >= 0.6 is 0 Å². The molecule has 0 aliphatic carbocycles. The van der Waals surface area contributed by atoms with Crippen LogP contribution < -0.4 is 5.32 Å². The highest BCUT2D eigenvalue weighted by molar-refractivity contribution is 4.63. The van der Waals surface area contributed by atoms with Gasteiger partial charge >= 0.3 is 0 Å². The van der Waals surface area contributed by atoms with E-state index in [1.807, 2.05) is 0 Å². The van der Waals surface area contributed by atoms with Gasteiger partial charge in [0, 0.05) is 6.54 Å². The van der Waals surface area contributed by atoms with Gasteiger partial charge in [-0.05, 0) is 40.0 Å². The first kappa shape index (κ1) is 11.9. The molecule has 1 N–H and O–H groups in total. The van der Waals surface area contributed by atoms with E-state index in [1.54, 1.807) is 0 Å². The van der Waals surface area contributed by atoms with Crippen molar-refractivity contribution in [3.63, 3.8) is 0 Å². The Morgan fingerprint density at radius 2 is 2.29 bits per heavy atom. The standard InChI is InChI=1S/C10H22N2O2/c1-12(2)6-3-5-11-8-10-4-7-13-9-14-10/h10-11H,3-9H2,1-2H3. The molecule has 1 aliphatic rings. The molecule has 0 saturated carbocycles. The van der Waals surface area contributed by atoms with E-state index in [4.69, 9.17) is 9.47 Å². The van der Waals surface area contributed by atoms with E-state index >= 15 is 0 Å². The molecule has 0 aromatic rings. The third-order valence-corrected chi connectivity index (χ3v) is 2.30. The highest BCUT2D eigenvalue weighted by Crippen LogP contribution is 2.04. The predicted octanol–water partition coefficient (Wildman–Crippen LogP) is 0.291. The van der Waals surface area contributed by atoms with E-state index in [1.165, 1.54) is 6.42 Å². The minimum Gasteiger partial charge on any atom is -0.355 e. The van der Waals surface area contributed by atoms with Crippen LogP contribution in [0.5, 0.6) is 0 Å². The van der Waals surface area contributed by atoms with Gasteiger partial charge in [0.15, 0.2) is 0 Å². The minimum atomic E-state index is 0.350. The van der Waals surface area contributed by atoms with Crippen molar-refractivity contribution in [2.75, 3.05) is 47.1 Å². The van der Waals surface area contributed by atoms with Gasteiger partial charge in [-0.2, -0.15) is 0 Å². The van der Waals surface area contributed by atoms with Crippen LogP contribution in [0.25, 0.3) is 0 Å². The second kappa shape index (κ2) is 7.17. The fraction of sp³-hybridized carbons (Fsp3) is 1.00. The van der Waals surface area contributed by atoms with Crippen molar-refractivity contribution < 1.29 is 9.47 Å². The Bertz CT molecular complexity index is 136. The average molecular weight is 202 g/mol. The molecule has 14 heavy (non-hydrogen) atoms. The number of nitrogens with one attached hydrogen (secondary N) is 1. The monoisotopic (exact) mass is 202 g/mol. The van der Waals surface area contributed by atoms with Gasteiger partial charge in [-0.3, -0.25) is 0 Å². The summed E-state index contributed by atoms with van der Waals surface area (Å²) in [5.74, 6) is 0. The van der Waals surface area contributed by atoms with Gasteiger partial charge in [0.1, 0.15) is 6.79 Å². The summed E-state index contributed by atoms with van der Waals surface area (Å²) in [6.07, 6.45) is 2.56. The lowest BCUT2D eigenvalue weighted by molar-refractivity contribution is -0.137. The summed E-state index contributed by atoms with van der Waals surface area (Å²) in [5, 5.41) is 3.40. The normalized spacial score (nSPS) is 22.9. The third kappa shape index (κ3) is 5.54. The highest BCUT2D eigenvalue weighted by atomic mass is 16.7. The molecule has 4 heteroatoms. The van der Waals surface area contributed by atoms with Gasteiger partial charge in [0.05, 0.1) is 12.7 Å². The van der Waals surface area contributed by atoms with Crippen molar-refractivity contribution in [3.8, 4) is 0 Å². The van der Waals surface area contributed by atoms with E-state index in [9.17, 15) is 0 Å². The van der Waals surface area contributed by atoms with Gasteiger partial charge in [-0.1, -0.05) is 0 Å². The minimum absolute atomic E-state index is 0.350. The number of hydrogen-bond acceptors (Lipinski definition) is 4. The molecule has 0 bridgehead atoms. The average Bonchev–Trinajstić information content (AvgIpc) is 2.18. The molecule has 0 spiro atoms. The lowest BCUT2D eigenvalue weighted by Gasteiger charge is -2.23. The first-order valence-electron chi connectivity index (χ1n) is 5.34. The van der Waals surface area contributed by atoms with Crippen molar-refractivity contribution in [2.45, 2.75) is 18.9 Å². The van der Waals surface area contributed by atoms with Crippen LogP contribution in [0.15, 0.2) is 0 Å².